The van der Waals surface area contributed by atoms with Gasteiger partial charge in [0, 0.05) is 12.1 Å². The fraction of sp³-hybridized carbons (Fsp3) is 0.438. The van der Waals surface area contributed by atoms with Gasteiger partial charge in [0.1, 0.15) is 0 Å². The van der Waals surface area contributed by atoms with Crippen LogP contribution in [0.25, 0.3) is 6.08 Å². The van der Waals surface area contributed by atoms with Crippen LogP contribution >= 0.6 is 0 Å². The van der Waals surface area contributed by atoms with Gasteiger partial charge in [0.2, 0.25) is 5.91 Å². The van der Waals surface area contributed by atoms with Gasteiger partial charge in [-0.05, 0) is 44.0 Å². The molecule has 0 aliphatic heterocycles. The van der Waals surface area contributed by atoms with Gasteiger partial charge >= 0.3 is 0 Å². The van der Waals surface area contributed by atoms with Crippen LogP contribution in [0.3, 0.4) is 0 Å². The van der Waals surface area contributed by atoms with E-state index in [4.69, 9.17) is 9.47 Å². The Morgan fingerprint density at radius 2 is 2.10 bits per heavy atom. The highest BCUT2D eigenvalue weighted by molar-refractivity contribution is 5.91. The molecule has 0 saturated carbocycles. The predicted octanol–water partition coefficient (Wildman–Crippen LogP) is 3.02. The lowest BCUT2D eigenvalue weighted by molar-refractivity contribution is -0.117. The summed E-state index contributed by atoms with van der Waals surface area (Å²) in [6, 6.07) is 5.76. The summed E-state index contributed by atoms with van der Waals surface area (Å²) >= 11 is 0. The molecule has 0 aliphatic carbocycles. The van der Waals surface area contributed by atoms with E-state index in [1.54, 1.807) is 13.2 Å². The lowest BCUT2D eigenvalue weighted by atomic mass is 10.2. The minimum absolute atomic E-state index is 0.0906. The number of rotatable bonds is 7. The summed E-state index contributed by atoms with van der Waals surface area (Å²) in [6.07, 6.45) is 4.20. The number of ether oxygens (including phenoxy) is 2. The molecule has 1 rings (SSSR count). The van der Waals surface area contributed by atoms with E-state index in [1.807, 2.05) is 39.0 Å². The summed E-state index contributed by atoms with van der Waals surface area (Å²) in [5, 5.41) is 2.88. The summed E-state index contributed by atoms with van der Waals surface area (Å²) in [5.41, 5.74) is 0.893. The molecule has 1 aromatic rings. The second-order valence-corrected chi connectivity index (χ2v) is 4.49. The van der Waals surface area contributed by atoms with Crippen molar-refractivity contribution in [2.75, 3.05) is 13.7 Å². The number of nitrogens with one attached hydrogen (secondary N) is 1. The molecule has 0 aromatic heterocycles. The molecule has 0 heterocycles. The second kappa shape index (κ2) is 8.25. The SMILES string of the molecule is CCOc1ccc(/C=C\C(=O)N[C@@H](C)CC)cc1OC. The Bertz CT molecular complexity index is 469. The van der Waals surface area contributed by atoms with Crippen molar-refractivity contribution in [3.05, 3.63) is 29.8 Å². The standard InChI is InChI=1S/C16H23NO3/c1-5-12(3)17-16(18)10-8-13-7-9-14(20-6-2)15(11-13)19-4/h7-12H,5-6H2,1-4H3,(H,17,18)/b10-8-/t12-/m0/s1. The normalized spacial score (nSPS) is 12.2. The van der Waals surface area contributed by atoms with Crippen molar-refractivity contribution in [3.8, 4) is 11.5 Å². The molecule has 1 amide bonds. The van der Waals surface area contributed by atoms with Crippen LogP contribution < -0.4 is 14.8 Å². The van der Waals surface area contributed by atoms with Crippen LogP contribution in [0.5, 0.6) is 11.5 Å². The summed E-state index contributed by atoms with van der Waals surface area (Å²) in [7, 11) is 1.60. The third kappa shape index (κ3) is 4.96. The first-order chi connectivity index (χ1) is 9.60. The van der Waals surface area contributed by atoms with E-state index in [0.717, 1.165) is 12.0 Å². The van der Waals surface area contributed by atoms with Crippen LogP contribution in [0.1, 0.15) is 32.8 Å². The number of carbonyl (C=O) groups is 1. The van der Waals surface area contributed by atoms with Crippen molar-refractivity contribution in [1.82, 2.24) is 5.32 Å². The van der Waals surface area contributed by atoms with Gasteiger partial charge in [0.15, 0.2) is 11.5 Å². The highest BCUT2D eigenvalue weighted by atomic mass is 16.5. The molecule has 110 valence electrons. The lowest BCUT2D eigenvalue weighted by Gasteiger charge is -2.10. The number of hydrogen-bond acceptors (Lipinski definition) is 3. The molecule has 0 bridgehead atoms. The first-order valence-corrected chi connectivity index (χ1v) is 6.90. The molecular weight excluding hydrogens is 254 g/mol. The average Bonchev–Trinajstić information content (AvgIpc) is 2.46. The van der Waals surface area contributed by atoms with Gasteiger partial charge in [-0.1, -0.05) is 13.0 Å². The Morgan fingerprint density at radius 1 is 1.35 bits per heavy atom. The first kappa shape index (κ1) is 16.1. The van der Waals surface area contributed by atoms with Crippen LogP contribution in [-0.4, -0.2) is 25.7 Å². The lowest BCUT2D eigenvalue weighted by Crippen LogP contribution is -2.30. The Hall–Kier alpha value is -1.97. The number of amides is 1. The van der Waals surface area contributed by atoms with Gasteiger partial charge < -0.3 is 14.8 Å². The predicted molar refractivity (Wildman–Crippen MR) is 81.1 cm³/mol. The van der Waals surface area contributed by atoms with Crippen LogP contribution in [0.4, 0.5) is 0 Å². The smallest absolute Gasteiger partial charge is 0.244 e. The topological polar surface area (TPSA) is 47.6 Å². The molecule has 0 spiro atoms. The third-order valence-electron chi connectivity index (χ3n) is 2.92. The quantitative estimate of drug-likeness (QED) is 0.779. The molecule has 0 fully saturated rings. The van der Waals surface area contributed by atoms with Gasteiger partial charge in [0.05, 0.1) is 13.7 Å². The number of hydrogen-bond donors (Lipinski definition) is 1. The van der Waals surface area contributed by atoms with Crippen LogP contribution in [0, 0.1) is 0 Å². The van der Waals surface area contributed by atoms with E-state index in [9.17, 15) is 4.79 Å². The maximum absolute atomic E-state index is 11.7. The van der Waals surface area contributed by atoms with Crippen molar-refractivity contribution in [2.45, 2.75) is 33.2 Å². The molecule has 0 unspecified atom stereocenters. The Kier molecular flexibility index (Phi) is 6.64. The molecule has 4 nitrogen and oxygen atoms in total. The van der Waals surface area contributed by atoms with Crippen LogP contribution in [-0.2, 0) is 4.79 Å². The van der Waals surface area contributed by atoms with E-state index >= 15 is 0 Å². The van der Waals surface area contributed by atoms with Crippen molar-refractivity contribution >= 4 is 12.0 Å². The zero-order chi connectivity index (χ0) is 15.0. The second-order valence-electron chi connectivity index (χ2n) is 4.49. The van der Waals surface area contributed by atoms with E-state index in [2.05, 4.69) is 5.32 Å². The number of benzene rings is 1. The van der Waals surface area contributed by atoms with E-state index in [-0.39, 0.29) is 11.9 Å². The molecule has 0 saturated heterocycles. The Balaban J connectivity index is 2.75. The van der Waals surface area contributed by atoms with Gasteiger partial charge in [0.25, 0.3) is 0 Å². The highest BCUT2D eigenvalue weighted by Gasteiger charge is 2.05. The van der Waals surface area contributed by atoms with Gasteiger partial charge in [-0.2, -0.15) is 0 Å². The highest BCUT2D eigenvalue weighted by Crippen LogP contribution is 2.28. The molecule has 20 heavy (non-hydrogen) atoms. The number of carbonyl (C=O) groups excluding carboxylic acids is 1. The maximum atomic E-state index is 11.7. The average molecular weight is 277 g/mol. The van der Waals surface area contributed by atoms with Crippen molar-refractivity contribution in [1.29, 1.82) is 0 Å². The third-order valence-corrected chi connectivity index (χ3v) is 2.92. The van der Waals surface area contributed by atoms with E-state index in [0.29, 0.717) is 18.1 Å². The molecule has 4 heteroatoms. The molecular formula is C16H23NO3. The van der Waals surface area contributed by atoms with E-state index < -0.39 is 0 Å². The van der Waals surface area contributed by atoms with Crippen molar-refractivity contribution < 1.29 is 14.3 Å². The van der Waals surface area contributed by atoms with Crippen LogP contribution in [0.2, 0.25) is 0 Å². The summed E-state index contributed by atoms with van der Waals surface area (Å²) in [4.78, 5) is 11.7. The maximum Gasteiger partial charge on any atom is 0.244 e. The molecule has 1 N–H and O–H groups in total. The van der Waals surface area contributed by atoms with Crippen molar-refractivity contribution in [3.63, 3.8) is 0 Å². The van der Waals surface area contributed by atoms with Crippen LogP contribution in [0.15, 0.2) is 24.3 Å². The Labute approximate surface area is 120 Å². The Morgan fingerprint density at radius 3 is 2.70 bits per heavy atom. The monoisotopic (exact) mass is 277 g/mol. The first-order valence-electron chi connectivity index (χ1n) is 6.90. The zero-order valence-electron chi connectivity index (χ0n) is 12.6. The van der Waals surface area contributed by atoms with E-state index in [1.165, 1.54) is 6.08 Å². The summed E-state index contributed by atoms with van der Waals surface area (Å²) in [5.74, 6) is 1.28. The van der Waals surface area contributed by atoms with Gasteiger partial charge in [-0.3, -0.25) is 4.79 Å². The molecule has 1 aromatic carbocycles. The fourth-order valence-electron chi connectivity index (χ4n) is 1.63. The van der Waals surface area contributed by atoms with Gasteiger partial charge in [-0.15, -0.1) is 0 Å². The minimum Gasteiger partial charge on any atom is -0.493 e. The minimum atomic E-state index is -0.0906. The van der Waals surface area contributed by atoms with Gasteiger partial charge in [-0.25, -0.2) is 0 Å². The fourth-order valence-corrected chi connectivity index (χ4v) is 1.63. The zero-order valence-corrected chi connectivity index (χ0v) is 12.6. The molecule has 1 atom stereocenters. The largest absolute Gasteiger partial charge is 0.493 e. The molecule has 0 aliphatic rings. The summed E-state index contributed by atoms with van der Waals surface area (Å²) in [6.45, 7) is 6.52. The molecule has 0 radical (unpaired) electrons. The number of methoxy groups -OCH3 is 1. The van der Waals surface area contributed by atoms with Crippen molar-refractivity contribution in [2.24, 2.45) is 0 Å². The summed E-state index contributed by atoms with van der Waals surface area (Å²) < 4.78 is 10.7.